The van der Waals surface area contributed by atoms with Crippen LogP contribution in [0.25, 0.3) is 0 Å². The van der Waals surface area contributed by atoms with Gasteiger partial charge in [-0.05, 0) is 37.0 Å². The van der Waals surface area contributed by atoms with E-state index < -0.39 is 6.04 Å². The highest BCUT2D eigenvalue weighted by Gasteiger charge is 2.27. The van der Waals surface area contributed by atoms with Crippen molar-refractivity contribution in [3.8, 4) is 5.75 Å². The number of nitrogens with zero attached hydrogens (tertiary/aromatic N) is 1. The molecule has 0 aliphatic carbocycles. The van der Waals surface area contributed by atoms with Crippen LogP contribution in [0.2, 0.25) is 0 Å². The van der Waals surface area contributed by atoms with E-state index in [2.05, 4.69) is 12.2 Å². The number of unbranched alkanes of at least 4 members (excludes halogenated alkanes) is 1. The fourth-order valence-corrected chi connectivity index (χ4v) is 2.75. The predicted molar refractivity (Wildman–Crippen MR) is 100 cm³/mol. The van der Waals surface area contributed by atoms with Crippen LogP contribution in [0.3, 0.4) is 0 Å². The molecule has 2 amide bonds. The first-order valence-corrected chi connectivity index (χ1v) is 9.27. The van der Waals surface area contributed by atoms with Crippen molar-refractivity contribution in [2.75, 3.05) is 13.7 Å². The summed E-state index contributed by atoms with van der Waals surface area (Å²) in [6.07, 6.45) is 3.78. The molecule has 1 rings (SSSR count). The molecule has 1 aromatic rings. The average molecular weight is 348 g/mol. The van der Waals surface area contributed by atoms with Gasteiger partial charge in [0.2, 0.25) is 11.8 Å². The minimum absolute atomic E-state index is 0.0165. The van der Waals surface area contributed by atoms with Crippen LogP contribution in [0.5, 0.6) is 5.75 Å². The van der Waals surface area contributed by atoms with Crippen molar-refractivity contribution in [3.05, 3.63) is 29.8 Å². The minimum Gasteiger partial charge on any atom is -0.497 e. The highest BCUT2D eigenvalue weighted by molar-refractivity contribution is 5.87. The van der Waals surface area contributed by atoms with Crippen LogP contribution in [0.15, 0.2) is 24.3 Å². The molecule has 1 aromatic carbocycles. The van der Waals surface area contributed by atoms with Crippen molar-refractivity contribution in [1.29, 1.82) is 0 Å². The van der Waals surface area contributed by atoms with Crippen LogP contribution < -0.4 is 10.1 Å². The molecule has 5 heteroatoms. The molecule has 5 nitrogen and oxygen atoms in total. The maximum atomic E-state index is 12.7. The van der Waals surface area contributed by atoms with Crippen molar-refractivity contribution in [1.82, 2.24) is 10.2 Å². The number of carbonyl (C=O) groups is 2. The number of nitrogens with one attached hydrogen (secondary N) is 1. The van der Waals surface area contributed by atoms with Crippen LogP contribution in [0, 0.1) is 0 Å². The molecule has 1 atom stereocenters. The molecule has 0 aliphatic heterocycles. The Morgan fingerprint density at radius 3 is 2.56 bits per heavy atom. The lowest BCUT2D eigenvalue weighted by atomic mass is 10.1. The summed E-state index contributed by atoms with van der Waals surface area (Å²) < 4.78 is 5.26. The van der Waals surface area contributed by atoms with E-state index in [9.17, 15) is 9.59 Å². The molecular formula is C20H32N2O3. The van der Waals surface area contributed by atoms with Gasteiger partial charge in [0.05, 0.1) is 7.11 Å². The third kappa shape index (κ3) is 6.77. The number of hydrogen-bond donors (Lipinski definition) is 1. The van der Waals surface area contributed by atoms with Gasteiger partial charge >= 0.3 is 0 Å². The van der Waals surface area contributed by atoms with Crippen LogP contribution in [-0.2, 0) is 16.1 Å². The molecule has 0 saturated heterocycles. The van der Waals surface area contributed by atoms with Gasteiger partial charge in [-0.2, -0.15) is 0 Å². The monoisotopic (exact) mass is 348 g/mol. The molecule has 0 bridgehead atoms. The van der Waals surface area contributed by atoms with E-state index in [1.54, 1.807) is 12.0 Å². The van der Waals surface area contributed by atoms with Gasteiger partial charge in [-0.1, -0.05) is 39.3 Å². The number of ether oxygens (including phenoxy) is 1. The van der Waals surface area contributed by atoms with Crippen molar-refractivity contribution >= 4 is 11.8 Å². The Balaban J connectivity index is 2.96. The molecule has 0 saturated carbocycles. The minimum atomic E-state index is -0.442. The van der Waals surface area contributed by atoms with Gasteiger partial charge in [0, 0.05) is 19.5 Å². The summed E-state index contributed by atoms with van der Waals surface area (Å²) in [6, 6.07) is 7.20. The summed E-state index contributed by atoms with van der Waals surface area (Å²) in [5, 5.41) is 2.96. The van der Waals surface area contributed by atoms with Gasteiger partial charge in [-0.25, -0.2) is 0 Å². The first-order valence-electron chi connectivity index (χ1n) is 9.27. The fraction of sp³-hybridized carbons (Fsp3) is 0.600. The van der Waals surface area contributed by atoms with E-state index in [0.717, 1.165) is 30.6 Å². The maximum absolute atomic E-state index is 12.7. The normalized spacial score (nSPS) is 11.7. The zero-order chi connectivity index (χ0) is 18.7. The van der Waals surface area contributed by atoms with E-state index in [1.807, 2.05) is 38.1 Å². The van der Waals surface area contributed by atoms with Crippen molar-refractivity contribution in [3.63, 3.8) is 0 Å². The quantitative estimate of drug-likeness (QED) is 0.623. The number of amides is 2. The smallest absolute Gasteiger partial charge is 0.242 e. The molecule has 0 aliphatic rings. The number of rotatable bonds is 11. The lowest BCUT2D eigenvalue weighted by Crippen LogP contribution is -2.49. The average Bonchev–Trinajstić information content (AvgIpc) is 2.62. The molecule has 25 heavy (non-hydrogen) atoms. The van der Waals surface area contributed by atoms with Crippen LogP contribution in [0.1, 0.15) is 58.4 Å². The molecule has 0 aromatic heterocycles. The maximum Gasteiger partial charge on any atom is 0.242 e. The Kier molecular flexibility index (Phi) is 9.66. The van der Waals surface area contributed by atoms with Crippen molar-refractivity contribution < 1.29 is 14.3 Å². The number of carbonyl (C=O) groups excluding carboxylic acids is 2. The highest BCUT2D eigenvalue weighted by atomic mass is 16.5. The Morgan fingerprint density at radius 2 is 1.96 bits per heavy atom. The Bertz CT molecular complexity index is 545. The summed E-state index contributed by atoms with van der Waals surface area (Å²) >= 11 is 0. The van der Waals surface area contributed by atoms with Crippen LogP contribution >= 0.6 is 0 Å². The molecular weight excluding hydrogens is 316 g/mol. The van der Waals surface area contributed by atoms with E-state index >= 15 is 0 Å². The highest BCUT2D eigenvalue weighted by Crippen LogP contribution is 2.18. The van der Waals surface area contributed by atoms with E-state index in [0.29, 0.717) is 25.9 Å². The van der Waals surface area contributed by atoms with E-state index in [4.69, 9.17) is 4.74 Å². The fourth-order valence-electron chi connectivity index (χ4n) is 2.75. The van der Waals surface area contributed by atoms with Crippen LogP contribution in [-0.4, -0.2) is 36.4 Å². The number of benzene rings is 1. The standard InChI is InChI=1S/C20H32N2O3/c1-5-8-13-21-20(24)18(7-3)22(19(23)10-6-2)15-16-11-9-12-17(14-16)25-4/h9,11-12,14,18H,5-8,10,13,15H2,1-4H3,(H,21,24)/t18-/m1/s1. The summed E-state index contributed by atoms with van der Waals surface area (Å²) in [5.74, 6) is 0.701. The van der Waals surface area contributed by atoms with Crippen molar-refractivity contribution in [2.45, 2.75) is 65.5 Å². The molecule has 0 spiro atoms. The third-order valence-electron chi connectivity index (χ3n) is 4.17. The summed E-state index contributed by atoms with van der Waals surface area (Å²) in [6.45, 7) is 7.08. The number of hydrogen-bond acceptors (Lipinski definition) is 3. The SMILES string of the molecule is CCCCNC(=O)[C@@H](CC)N(Cc1cccc(OC)c1)C(=O)CCC. The van der Waals surface area contributed by atoms with Gasteiger partial charge in [0.15, 0.2) is 0 Å². The topological polar surface area (TPSA) is 58.6 Å². The zero-order valence-corrected chi connectivity index (χ0v) is 16.0. The molecule has 0 heterocycles. The first-order chi connectivity index (χ1) is 12.1. The summed E-state index contributed by atoms with van der Waals surface area (Å²) in [5.41, 5.74) is 0.962. The van der Waals surface area contributed by atoms with Crippen LogP contribution in [0.4, 0.5) is 0 Å². The molecule has 1 N–H and O–H groups in total. The third-order valence-corrected chi connectivity index (χ3v) is 4.17. The van der Waals surface area contributed by atoms with E-state index in [1.165, 1.54) is 0 Å². The van der Waals surface area contributed by atoms with Gasteiger partial charge in [0.1, 0.15) is 11.8 Å². The first kappa shape index (κ1) is 21.0. The lowest BCUT2D eigenvalue weighted by Gasteiger charge is -2.30. The second-order valence-corrected chi connectivity index (χ2v) is 6.19. The molecule has 0 fully saturated rings. The molecule has 0 radical (unpaired) electrons. The van der Waals surface area contributed by atoms with Gasteiger partial charge in [0.25, 0.3) is 0 Å². The summed E-state index contributed by atoms with van der Waals surface area (Å²) in [4.78, 5) is 26.9. The Hall–Kier alpha value is -2.04. The Labute approximate surface area is 151 Å². The lowest BCUT2D eigenvalue weighted by molar-refractivity contribution is -0.141. The largest absolute Gasteiger partial charge is 0.497 e. The predicted octanol–water partition coefficient (Wildman–Crippen LogP) is 3.52. The van der Waals surface area contributed by atoms with Gasteiger partial charge < -0.3 is 15.0 Å². The Morgan fingerprint density at radius 1 is 1.20 bits per heavy atom. The number of methoxy groups -OCH3 is 1. The van der Waals surface area contributed by atoms with Gasteiger partial charge in [-0.15, -0.1) is 0 Å². The second-order valence-electron chi connectivity index (χ2n) is 6.19. The van der Waals surface area contributed by atoms with Gasteiger partial charge in [-0.3, -0.25) is 9.59 Å². The zero-order valence-electron chi connectivity index (χ0n) is 16.0. The molecule has 0 unspecified atom stereocenters. The molecule has 140 valence electrons. The van der Waals surface area contributed by atoms with E-state index in [-0.39, 0.29) is 11.8 Å². The summed E-state index contributed by atoms with van der Waals surface area (Å²) in [7, 11) is 1.62. The second kappa shape index (κ2) is 11.5. The van der Waals surface area contributed by atoms with Crippen molar-refractivity contribution in [2.24, 2.45) is 0 Å².